The van der Waals surface area contributed by atoms with Gasteiger partial charge in [-0.15, -0.1) is 0 Å². The molecule has 8 heteroatoms. The third kappa shape index (κ3) is 7.03. The molecule has 1 unspecified atom stereocenters. The van der Waals surface area contributed by atoms with Crippen molar-refractivity contribution in [2.75, 3.05) is 13.2 Å². The second-order valence-corrected chi connectivity index (χ2v) is 9.33. The predicted octanol–water partition coefficient (Wildman–Crippen LogP) is 1.15. The third-order valence-corrected chi connectivity index (χ3v) is 6.86. The normalized spacial score (nSPS) is 23.6. The number of fused-ring (bicyclic) bond motifs is 1. The number of nitrogens with zero attached hydrogens (tertiary/aromatic N) is 1. The molecule has 2 saturated heterocycles. The second kappa shape index (κ2) is 12.9. The Bertz CT molecular complexity index is 828. The van der Waals surface area contributed by atoms with Crippen molar-refractivity contribution in [3.8, 4) is 0 Å². The number of carbonyl (C=O) groups is 3. The molecule has 2 aliphatic heterocycles. The number of aliphatic hydroxyl groups is 2. The average Bonchev–Trinajstić information content (AvgIpc) is 3.26. The van der Waals surface area contributed by atoms with E-state index in [9.17, 15) is 19.5 Å². The van der Waals surface area contributed by atoms with E-state index in [1.54, 1.807) is 4.90 Å². The van der Waals surface area contributed by atoms with Gasteiger partial charge in [0.05, 0.1) is 12.7 Å². The third-order valence-electron chi connectivity index (χ3n) is 6.86. The monoisotopic (exact) mass is 471 g/mol. The van der Waals surface area contributed by atoms with Gasteiger partial charge >= 0.3 is 0 Å². The highest BCUT2D eigenvalue weighted by molar-refractivity contribution is 5.93. The minimum Gasteiger partial charge on any atom is -0.394 e. The molecular formula is C26H37N3O5. The molecule has 4 atom stereocenters. The van der Waals surface area contributed by atoms with Crippen molar-refractivity contribution in [3.63, 3.8) is 0 Å². The Morgan fingerprint density at radius 2 is 1.79 bits per heavy atom. The van der Waals surface area contributed by atoms with Crippen LogP contribution in [0, 0.1) is 6.92 Å². The molecule has 2 radical (unpaired) electrons. The van der Waals surface area contributed by atoms with Gasteiger partial charge in [0.15, 0.2) is 0 Å². The van der Waals surface area contributed by atoms with Crippen LogP contribution < -0.4 is 10.6 Å². The number of nitrogens with one attached hydrogen (secondary N) is 2. The first-order chi connectivity index (χ1) is 16.4. The predicted molar refractivity (Wildman–Crippen MR) is 128 cm³/mol. The maximum absolute atomic E-state index is 13.4. The van der Waals surface area contributed by atoms with Crippen LogP contribution in [0.3, 0.4) is 0 Å². The topological polar surface area (TPSA) is 119 Å². The van der Waals surface area contributed by atoms with Crippen molar-refractivity contribution in [1.29, 1.82) is 0 Å². The molecule has 0 bridgehead atoms. The minimum absolute atomic E-state index is 0.00652. The Balaban J connectivity index is 1.57. The van der Waals surface area contributed by atoms with Crippen LogP contribution >= 0.6 is 0 Å². The van der Waals surface area contributed by atoms with Gasteiger partial charge in [-0.3, -0.25) is 14.4 Å². The highest BCUT2D eigenvalue weighted by Crippen LogP contribution is 2.31. The Hall–Kier alpha value is -2.45. The van der Waals surface area contributed by atoms with Crippen molar-refractivity contribution >= 4 is 17.7 Å². The van der Waals surface area contributed by atoms with E-state index in [-0.39, 0.29) is 49.8 Å². The molecular weight excluding hydrogens is 434 g/mol. The molecule has 2 heterocycles. The molecule has 3 rings (SSSR count). The van der Waals surface area contributed by atoms with Crippen molar-refractivity contribution in [2.45, 2.75) is 88.4 Å². The van der Waals surface area contributed by atoms with Crippen LogP contribution in [0.5, 0.6) is 0 Å². The van der Waals surface area contributed by atoms with E-state index in [0.29, 0.717) is 25.7 Å². The lowest BCUT2D eigenvalue weighted by Crippen LogP contribution is -2.56. The van der Waals surface area contributed by atoms with Gasteiger partial charge in [0.2, 0.25) is 17.7 Å². The average molecular weight is 472 g/mol. The fourth-order valence-electron chi connectivity index (χ4n) is 4.86. The standard InChI is InChI=1S/C26H37N3O5/c1-2-18-7-9-19(10-8-18)11-14-24(32)28-22-6-4-3-5-20-12-13-23(29(20)26(22)34)25(33)27-16-15-21(31)17-30/h1,7-10,20-23,30-31H,2-6,11-17H2,(H,27,33)(H,28,32)/t20?,21-,22-,23-/m0/s1. The molecule has 1 aromatic rings. The summed E-state index contributed by atoms with van der Waals surface area (Å²) in [4.78, 5) is 40.6. The number of hydrogen-bond acceptors (Lipinski definition) is 5. The van der Waals surface area contributed by atoms with Crippen molar-refractivity contribution in [1.82, 2.24) is 15.5 Å². The van der Waals surface area contributed by atoms with E-state index in [1.807, 2.05) is 24.3 Å². The number of aryl methyl sites for hydroxylation is 1. The van der Waals surface area contributed by atoms with E-state index in [1.165, 1.54) is 0 Å². The molecule has 2 aliphatic rings. The van der Waals surface area contributed by atoms with Crippen LogP contribution in [0.25, 0.3) is 0 Å². The Morgan fingerprint density at radius 1 is 1.09 bits per heavy atom. The van der Waals surface area contributed by atoms with Gasteiger partial charge in [-0.2, -0.15) is 0 Å². The summed E-state index contributed by atoms with van der Waals surface area (Å²) in [5.41, 5.74) is 2.08. The molecule has 1 aromatic carbocycles. The lowest BCUT2D eigenvalue weighted by molar-refractivity contribution is -0.144. The van der Waals surface area contributed by atoms with E-state index >= 15 is 0 Å². The second-order valence-electron chi connectivity index (χ2n) is 9.33. The number of hydrogen-bond donors (Lipinski definition) is 4. The first-order valence-electron chi connectivity index (χ1n) is 12.4. The fourth-order valence-corrected chi connectivity index (χ4v) is 4.86. The number of benzene rings is 1. The molecule has 2 fully saturated rings. The summed E-state index contributed by atoms with van der Waals surface area (Å²) in [7, 11) is 0. The summed E-state index contributed by atoms with van der Waals surface area (Å²) < 4.78 is 0. The summed E-state index contributed by atoms with van der Waals surface area (Å²) in [5, 5.41) is 24.1. The fraction of sp³-hybridized carbons (Fsp3) is 0.615. The van der Waals surface area contributed by atoms with Gasteiger partial charge in [0.25, 0.3) is 0 Å². The maximum Gasteiger partial charge on any atom is 0.246 e. The number of amides is 3. The van der Waals surface area contributed by atoms with Crippen LogP contribution in [0.15, 0.2) is 24.3 Å². The minimum atomic E-state index is -0.877. The van der Waals surface area contributed by atoms with Crippen molar-refractivity contribution < 1.29 is 24.6 Å². The molecule has 0 aromatic heterocycles. The Kier molecular flexibility index (Phi) is 9.89. The summed E-state index contributed by atoms with van der Waals surface area (Å²) >= 11 is 0. The first kappa shape index (κ1) is 26.2. The van der Waals surface area contributed by atoms with Crippen molar-refractivity contribution in [3.05, 3.63) is 42.3 Å². The van der Waals surface area contributed by atoms with Gasteiger partial charge in [-0.05, 0) is 63.0 Å². The summed E-state index contributed by atoms with van der Waals surface area (Å²) in [6, 6.07) is 6.65. The van der Waals surface area contributed by atoms with Crippen molar-refractivity contribution in [2.24, 2.45) is 0 Å². The molecule has 0 saturated carbocycles. The smallest absolute Gasteiger partial charge is 0.246 e. The van der Waals surface area contributed by atoms with E-state index < -0.39 is 18.2 Å². The zero-order valence-corrected chi connectivity index (χ0v) is 19.7. The first-order valence-corrected chi connectivity index (χ1v) is 12.4. The van der Waals surface area contributed by atoms with Gasteiger partial charge in [0.1, 0.15) is 12.1 Å². The van der Waals surface area contributed by atoms with Crippen LogP contribution in [0.1, 0.15) is 62.5 Å². The number of aliphatic hydroxyl groups excluding tert-OH is 2. The van der Waals surface area contributed by atoms with Crippen LogP contribution in [0.4, 0.5) is 0 Å². The van der Waals surface area contributed by atoms with Gasteiger partial charge in [-0.25, -0.2) is 0 Å². The van der Waals surface area contributed by atoms with E-state index in [4.69, 9.17) is 12.0 Å². The molecule has 0 spiro atoms. The van der Waals surface area contributed by atoms with Crippen LogP contribution in [-0.4, -0.2) is 70.2 Å². The highest BCUT2D eigenvalue weighted by atomic mass is 16.3. The maximum atomic E-state index is 13.4. The van der Waals surface area contributed by atoms with Crippen LogP contribution in [-0.2, 0) is 27.2 Å². The van der Waals surface area contributed by atoms with Gasteiger partial charge in [0, 0.05) is 19.0 Å². The lowest BCUT2D eigenvalue weighted by Gasteiger charge is -2.35. The van der Waals surface area contributed by atoms with E-state index in [2.05, 4.69) is 10.6 Å². The quantitative estimate of drug-likeness (QED) is 0.408. The highest BCUT2D eigenvalue weighted by Gasteiger charge is 2.43. The zero-order chi connectivity index (χ0) is 24.5. The summed E-state index contributed by atoms with van der Waals surface area (Å²) in [5.74, 6) is -0.595. The summed E-state index contributed by atoms with van der Waals surface area (Å²) in [6.45, 7) is 5.50. The molecule has 3 amide bonds. The molecule has 34 heavy (non-hydrogen) atoms. The lowest BCUT2D eigenvalue weighted by atomic mass is 9.98. The van der Waals surface area contributed by atoms with Gasteiger partial charge < -0.3 is 25.7 Å². The Morgan fingerprint density at radius 3 is 2.50 bits per heavy atom. The number of rotatable bonds is 10. The largest absolute Gasteiger partial charge is 0.394 e. The molecule has 186 valence electrons. The SMILES string of the molecule is [CH]Cc1ccc(CCC(=O)N[C@H]2CCCCC3CC[C@@H](C(=O)NCC[C@H](O)CO)N3C2=O)cc1. The Labute approximate surface area is 202 Å². The molecule has 4 N–H and O–H groups in total. The number of carbonyl (C=O) groups excluding carboxylic acids is 3. The van der Waals surface area contributed by atoms with Gasteiger partial charge in [-0.1, -0.05) is 37.1 Å². The summed E-state index contributed by atoms with van der Waals surface area (Å²) in [6.07, 6.45) is 5.30. The molecule has 0 aliphatic carbocycles. The molecule has 8 nitrogen and oxygen atoms in total. The van der Waals surface area contributed by atoms with Crippen LogP contribution in [0.2, 0.25) is 0 Å². The van der Waals surface area contributed by atoms with E-state index in [0.717, 1.165) is 36.8 Å². The zero-order valence-electron chi connectivity index (χ0n) is 19.7.